The Labute approximate surface area is 138 Å². The van der Waals surface area contributed by atoms with Crippen LogP contribution in [0.15, 0.2) is 0 Å². The largest absolute Gasteiger partial charge is 0.481 e. The Morgan fingerprint density at radius 1 is 1.13 bits per heavy atom. The second-order valence-corrected chi connectivity index (χ2v) is 8.92. The molecule has 0 spiro atoms. The van der Waals surface area contributed by atoms with Crippen LogP contribution in [-0.4, -0.2) is 27.6 Å². The van der Waals surface area contributed by atoms with Crippen molar-refractivity contribution in [2.24, 2.45) is 28.6 Å². The number of ketones is 1. The molecule has 0 aromatic rings. The van der Waals surface area contributed by atoms with E-state index in [1.54, 1.807) is 0 Å². The van der Waals surface area contributed by atoms with E-state index in [4.69, 9.17) is 5.11 Å². The van der Waals surface area contributed by atoms with Gasteiger partial charge in [0.05, 0.1) is 5.60 Å². The second-order valence-electron chi connectivity index (χ2n) is 8.92. The Balaban J connectivity index is 1.88. The summed E-state index contributed by atoms with van der Waals surface area (Å²) >= 11 is 0. The monoisotopic (exact) mass is 322 g/mol. The summed E-state index contributed by atoms with van der Waals surface area (Å²) in [5.41, 5.74) is -1.15. The fourth-order valence-corrected chi connectivity index (χ4v) is 6.21. The number of carboxylic acid groups (broad SMARTS) is 1. The van der Waals surface area contributed by atoms with Gasteiger partial charge in [0.15, 0.2) is 0 Å². The molecule has 0 aromatic heterocycles. The highest BCUT2D eigenvalue weighted by Gasteiger charge is 2.62. The number of rotatable bonds is 3. The minimum Gasteiger partial charge on any atom is -0.481 e. The zero-order valence-electron chi connectivity index (χ0n) is 14.6. The van der Waals surface area contributed by atoms with Crippen LogP contribution >= 0.6 is 0 Å². The fourth-order valence-electron chi connectivity index (χ4n) is 6.21. The molecule has 0 aromatic carbocycles. The second kappa shape index (κ2) is 5.30. The molecule has 3 aliphatic carbocycles. The topological polar surface area (TPSA) is 74.6 Å². The zero-order valence-corrected chi connectivity index (χ0v) is 14.6. The van der Waals surface area contributed by atoms with Gasteiger partial charge in [-0.15, -0.1) is 0 Å². The molecule has 0 radical (unpaired) electrons. The summed E-state index contributed by atoms with van der Waals surface area (Å²) in [5.74, 6) is 0.654. The third kappa shape index (κ3) is 2.36. The lowest BCUT2D eigenvalue weighted by Crippen LogP contribution is -2.55. The van der Waals surface area contributed by atoms with E-state index in [1.807, 2.05) is 13.8 Å². The summed E-state index contributed by atoms with van der Waals surface area (Å²) < 4.78 is 0. The van der Waals surface area contributed by atoms with Crippen molar-refractivity contribution < 1.29 is 19.8 Å². The Hall–Kier alpha value is -0.900. The molecule has 4 heteroatoms. The maximum atomic E-state index is 12.6. The first-order valence-electron chi connectivity index (χ1n) is 9.09. The summed E-state index contributed by atoms with van der Waals surface area (Å²) in [6.07, 6.45) is 5.80. The first kappa shape index (κ1) is 16.9. The third-order valence-electron chi connectivity index (χ3n) is 8.02. The van der Waals surface area contributed by atoms with Crippen molar-refractivity contribution in [3.63, 3.8) is 0 Å². The number of carbonyl (C=O) groups excluding carboxylic acids is 1. The highest BCUT2D eigenvalue weighted by molar-refractivity contribution is 5.86. The molecule has 0 aliphatic heterocycles. The van der Waals surface area contributed by atoms with Crippen LogP contribution in [0, 0.1) is 28.6 Å². The van der Waals surface area contributed by atoms with E-state index in [0.717, 1.165) is 32.1 Å². The number of fused-ring (bicyclic) bond motifs is 3. The quantitative estimate of drug-likeness (QED) is 0.835. The molecule has 4 nitrogen and oxygen atoms in total. The van der Waals surface area contributed by atoms with Crippen LogP contribution in [0.3, 0.4) is 0 Å². The predicted molar refractivity (Wildman–Crippen MR) is 86.9 cm³/mol. The number of Topliss-reactive ketones (excluding diaryl/α,β-unsaturated/α-hetero) is 1. The van der Waals surface area contributed by atoms with Crippen LogP contribution < -0.4 is 0 Å². The van der Waals surface area contributed by atoms with Gasteiger partial charge < -0.3 is 10.2 Å². The van der Waals surface area contributed by atoms with Gasteiger partial charge in [-0.2, -0.15) is 0 Å². The Morgan fingerprint density at radius 2 is 1.78 bits per heavy atom. The zero-order chi connectivity index (χ0) is 17.0. The standard InChI is InChI=1S/C19H30O4/c1-17(9-8-16(21)22)13-6-10-18(2)14(7-11-19(18,3)23)12(13)4-5-15(17)20/h12-14,23H,4-11H2,1-3H3,(H,21,22)/t12-,13-,14-,17-,18-,19+/m0/s1. The van der Waals surface area contributed by atoms with Gasteiger partial charge in [-0.05, 0) is 68.6 Å². The molecule has 130 valence electrons. The summed E-state index contributed by atoms with van der Waals surface area (Å²) in [4.78, 5) is 23.7. The number of aliphatic carboxylic acids is 1. The van der Waals surface area contributed by atoms with Crippen LogP contribution in [0.2, 0.25) is 0 Å². The smallest absolute Gasteiger partial charge is 0.303 e. The lowest BCUT2D eigenvalue weighted by molar-refractivity contribution is -0.154. The van der Waals surface area contributed by atoms with E-state index in [-0.39, 0.29) is 23.5 Å². The molecule has 0 bridgehead atoms. The molecule has 3 saturated carbocycles. The molecule has 2 N–H and O–H groups in total. The first-order chi connectivity index (χ1) is 10.6. The average molecular weight is 322 g/mol. The minimum atomic E-state index is -0.814. The van der Waals surface area contributed by atoms with Crippen molar-refractivity contribution in [1.82, 2.24) is 0 Å². The minimum absolute atomic E-state index is 0.0533. The van der Waals surface area contributed by atoms with Crippen molar-refractivity contribution >= 4 is 11.8 Å². The summed E-state index contributed by atoms with van der Waals surface area (Å²) in [6.45, 7) is 6.21. The van der Waals surface area contributed by atoms with Crippen molar-refractivity contribution in [2.45, 2.75) is 77.7 Å². The van der Waals surface area contributed by atoms with Crippen molar-refractivity contribution in [3.05, 3.63) is 0 Å². The normalized spacial score (nSPS) is 49.6. The number of hydrogen-bond donors (Lipinski definition) is 2. The molecule has 0 unspecified atom stereocenters. The van der Waals surface area contributed by atoms with Gasteiger partial charge in [-0.25, -0.2) is 0 Å². The number of carbonyl (C=O) groups is 2. The average Bonchev–Trinajstić information content (AvgIpc) is 2.72. The van der Waals surface area contributed by atoms with Gasteiger partial charge in [-0.1, -0.05) is 13.8 Å². The lowest BCUT2D eigenvalue weighted by Gasteiger charge is -2.56. The Bertz CT molecular complexity index is 525. The molecule has 0 heterocycles. The lowest BCUT2D eigenvalue weighted by atomic mass is 9.48. The molecule has 0 saturated heterocycles. The molecule has 23 heavy (non-hydrogen) atoms. The van der Waals surface area contributed by atoms with E-state index in [2.05, 4.69) is 6.92 Å². The van der Waals surface area contributed by atoms with E-state index in [0.29, 0.717) is 24.7 Å². The Morgan fingerprint density at radius 3 is 2.43 bits per heavy atom. The van der Waals surface area contributed by atoms with Gasteiger partial charge in [0.1, 0.15) is 5.78 Å². The van der Waals surface area contributed by atoms with Gasteiger partial charge >= 0.3 is 5.97 Å². The summed E-state index contributed by atoms with van der Waals surface area (Å²) in [7, 11) is 0. The maximum absolute atomic E-state index is 12.6. The number of aliphatic hydroxyl groups is 1. The summed E-state index contributed by atoms with van der Waals surface area (Å²) in [6, 6.07) is 0. The van der Waals surface area contributed by atoms with Crippen LogP contribution in [0.1, 0.15) is 72.1 Å². The highest BCUT2D eigenvalue weighted by atomic mass is 16.4. The van der Waals surface area contributed by atoms with Crippen LogP contribution in [0.5, 0.6) is 0 Å². The molecule has 3 fully saturated rings. The predicted octanol–water partition coefficient (Wildman–Crippen LogP) is 3.41. The van der Waals surface area contributed by atoms with Gasteiger partial charge in [0, 0.05) is 18.3 Å². The van der Waals surface area contributed by atoms with E-state index < -0.39 is 17.0 Å². The van der Waals surface area contributed by atoms with Crippen molar-refractivity contribution in [1.29, 1.82) is 0 Å². The molecule has 0 amide bonds. The van der Waals surface area contributed by atoms with Gasteiger partial charge in [0.25, 0.3) is 0 Å². The van der Waals surface area contributed by atoms with Crippen molar-refractivity contribution in [2.75, 3.05) is 0 Å². The SMILES string of the molecule is C[C@]12CC[C@H]3[C@H](CCC(=O)[C@@]3(C)CCC(=O)O)[C@@H]1CC[C@@]2(C)O. The van der Waals surface area contributed by atoms with E-state index in [9.17, 15) is 14.7 Å². The molecular weight excluding hydrogens is 292 g/mol. The molecule has 3 aliphatic rings. The number of hydrogen-bond acceptors (Lipinski definition) is 3. The van der Waals surface area contributed by atoms with E-state index in [1.165, 1.54) is 0 Å². The van der Waals surface area contributed by atoms with Gasteiger partial charge in [0.2, 0.25) is 0 Å². The fraction of sp³-hybridized carbons (Fsp3) is 0.895. The van der Waals surface area contributed by atoms with Crippen LogP contribution in [0.4, 0.5) is 0 Å². The number of carboxylic acids is 1. The van der Waals surface area contributed by atoms with E-state index >= 15 is 0 Å². The van der Waals surface area contributed by atoms with Gasteiger partial charge in [-0.3, -0.25) is 9.59 Å². The molecular formula is C19H30O4. The Kier molecular flexibility index (Phi) is 3.90. The van der Waals surface area contributed by atoms with Crippen LogP contribution in [0.25, 0.3) is 0 Å². The third-order valence-corrected chi connectivity index (χ3v) is 8.02. The first-order valence-corrected chi connectivity index (χ1v) is 9.09. The maximum Gasteiger partial charge on any atom is 0.303 e. The summed E-state index contributed by atoms with van der Waals surface area (Å²) in [5, 5.41) is 19.9. The van der Waals surface area contributed by atoms with Crippen LogP contribution in [-0.2, 0) is 9.59 Å². The molecule has 3 rings (SSSR count). The van der Waals surface area contributed by atoms with Crippen molar-refractivity contribution in [3.8, 4) is 0 Å². The highest BCUT2D eigenvalue weighted by Crippen LogP contribution is 2.65. The molecule has 6 atom stereocenters.